The molecule has 6 nitrogen and oxygen atoms in total. The molecule has 1 aliphatic heterocycles. The topological polar surface area (TPSA) is 75.7 Å². The van der Waals surface area contributed by atoms with Gasteiger partial charge in [-0.25, -0.2) is 12.8 Å². The van der Waals surface area contributed by atoms with E-state index in [4.69, 9.17) is 16.3 Å². The summed E-state index contributed by atoms with van der Waals surface area (Å²) in [5.41, 5.74) is 0.131. The number of nitrogens with zero attached hydrogens (tertiary/aromatic N) is 1. The zero-order valence-corrected chi connectivity index (χ0v) is 14.2. The van der Waals surface area contributed by atoms with E-state index in [0.29, 0.717) is 13.2 Å². The van der Waals surface area contributed by atoms with Gasteiger partial charge in [0.2, 0.25) is 15.9 Å². The first-order chi connectivity index (χ1) is 10.8. The third-order valence-electron chi connectivity index (χ3n) is 3.43. The molecular weight excluding hydrogens is 347 g/mol. The van der Waals surface area contributed by atoms with E-state index < -0.39 is 28.3 Å². The number of benzene rings is 1. The summed E-state index contributed by atoms with van der Waals surface area (Å²) in [5, 5.41) is 2.43. The number of carbonyl (C=O) groups is 1. The first-order valence-electron chi connectivity index (χ1n) is 7.08. The number of amides is 1. The fourth-order valence-electron chi connectivity index (χ4n) is 2.26. The molecule has 1 aliphatic rings. The largest absolute Gasteiger partial charge is 0.376 e. The van der Waals surface area contributed by atoms with Crippen LogP contribution in [0.1, 0.15) is 12.8 Å². The molecule has 1 aromatic carbocycles. The van der Waals surface area contributed by atoms with Crippen molar-refractivity contribution in [3.05, 3.63) is 29.0 Å². The Balaban J connectivity index is 2.06. The number of halogens is 2. The van der Waals surface area contributed by atoms with Crippen LogP contribution < -0.4 is 9.62 Å². The van der Waals surface area contributed by atoms with E-state index in [1.807, 2.05) is 0 Å². The van der Waals surface area contributed by atoms with Crippen LogP contribution in [0.15, 0.2) is 18.2 Å². The van der Waals surface area contributed by atoms with Crippen LogP contribution in [-0.4, -0.2) is 46.4 Å². The van der Waals surface area contributed by atoms with Crippen molar-refractivity contribution < 1.29 is 22.3 Å². The zero-order valence-electron chi connectivity index (χ0n) is 12.6. The molecule has 1 aromatic rings. The third-order valence-corrected chi connectivity index (χ3v) is 4.86. The Morgan fingerprint density at radius 1 is 1.52 bits per heavy atom. The molecule has 0 aliphatic carbocycles. The Kier molecular flexibility index (Phi) is 5.83. The van der Waals surface area contributed by atoms with E-state index in [2.05, 4.69) is 5.32 Å². The van der Waals surface area contributed by atoms with Crippen LogP contribution in [0.2, 0.25) is 5.02 Å². The lowest BCUT2D eigenvalue weighted by atomic mass is 10.2. The summed E-state index contributed by atoms with van der Waals surface area (Å²) in [6.45, 7) is 0.595. The number of nitrogens with one attached hydrogen (secondary N) is 1. The van der Waals surface area contributed by atoms with Crippen molar-refractivity contribution in [2.24, 2.45) is 0 Å². The summed E-state index contributed by atoms with van der Waals surface area (Å²) < 4.78 is 43.3. The minimum atomic E-state index is -3.72. The number of ether oxygens (including phenoxy) is 1. The van der Waals surface area contributed by atoms with Gasteiger partial charge in [0, 0.05) is 13.2 Å². The highest BCUT2D eigenvalue weighted by Crippen LogP contribution is 2.24. The summed E-state index contributed by atoms with van der Waals surface area (Å²) in [5.74, 6) is -1.13. The van der Waals surface area contributed by atoms with Crippen molar-refractivity contribution in [3.8, 4) is 0 Å². The molecule has 1 atom stereocenters. The highest BCUT2D eigenvalue weighted by atomic mass is 35.5. The molecule has 1 saturated heterocycles. The Hall–Kier alpha value is -1.38. The predicted octanol–water partition coefficient (Wildman–Crippen LogP) is 1.54. The van der Waals surface area contributed by atoms with E-state index in [1.165, 1.54) is 12.1 Å². The Labute approximate surface area is 139 Å². The van der Waals surface area contributed by atoms with Gasteiger partial charge in [0.15, 0.2) is 0 Å². The molecule has 1 amide bonds. The quantitative estimate of drug-likeness (QED) is 0.830. The van der Waals surface area contributed by atoms with Gasteiger partial charge in [0.05, 0.1) is 23.1 Å². The zero-order chi connectivity index (χ0) is 17.0. The van der Waals surface area contributed by atoms with Crippen molar-refractivity contribution in [2.75, 3.05) is 30.3 Å². The van der Waals surface area contributed by atoms with Gasteiger partial charge in [0.25, 0.3) is 0 Å². The van der Waals surface area contributed by atoms with Crippen molar-refractivity contribution in [1.29, 1.82) is 0 Å². The Morgan fingerprint density at radius 3 is 2.83 bits per heavy atom. The minimum Gasteiger partial charge on any atom is -0.376 e. The molecule has 0 spiro atoms. The molecule has 1 N–H and O–H groups in total. The molecule has 128 valence electrons. The second-order valence-electron chi connectivity index (χ2n) is 5.31. The van der Waals surface area contributed by atoms with Gasteiger partial charge >= 0.3 is 0 Å². The lowest BCUT2D eigenvalue weighted by Gasteiger charge is -2.22. The number of rotatable bonds is 6. The summed E-state index contributed by atoms with van der Waals surface area (Å²) in [4.78, 5) is 12.0. The van der Waals surface area contributed by atoms with Gasteiger partial charge in [0.1, 0.15) is 12.4 Å². The molecule has 0 saturated carbocycles. The molecule has 0 unspecified atom stereocenters. The highest BCUT2D eigenvalue weighted by molar-refractivity contribution is 7.92. The fraction of sp³-hybridized carbons (Fsp3) is 0.500. The smallest absolute Gasteiger partial charge is 0.240 e. The first-order valence-corrected chi connectivity index (χ1v) is 9.31. The minimum absolute atomic E-state index is 0.0362. The summed E-state index contributed by atoms with van der Waals surface area (Å²) in [7, 11) is -3.72. The van der Waals surface area contributed by atoms with Crippen LogP contribution in [0.25, 0.3) is 0 Å². The summed E-state index contributed by atoms with van der Waals surface area (Å²) in [6, 6.07) is 3.49. The lowest BCUT2D eigenvalue weighted by Crippen LogP contribution is -2.42. The van der Waals surface area contributed by atoms with Crippen LogP contribution in [0.3, 0.4) is 0 Å². The van der Waals surface area contributed by atoms with Gasteiger partial charge in [-0.05, 0) is 31.0 Å². The molecule has 0 bridgehead atoms. The monoisotopic (exact) mass is 364 g/mol. The van der Waals surface area contributed by atoms with E-state index in [0.717, 1.165) is 29.5 Å². The second-order valence-corrected chi connectivity index (χ2v) is 7.62. The average Bonchev–Trinajstić information content (AvgIpc) is 2.98. The van der Waals surface area contributed by atoms with Crippen LogP contribution in [0.4, 0.5) is 10.1 Å². The number of hydrogen-bond donors (Lipinski definition) is 1. The number of anilines is 1. The summed E-state index contributed by atoms with van der Waals surface area (Å²) >= 11 is 5.68. The maximum atomic E-state index is 13.2. The fourth-order valence-corrected chi connectivity index (χ4v) is 3.28. The van der Waals surface area contributed by atoms with Crippen molar-refractivity contribution in [3.63, 3.8) is 0 Å². The number of sulfonamides is 1. The van der Waals surface area contributed by atoms with Gasteiger partial charge < -0.3 is 10.1 Å². The van der Waals surface area contributed by atoms with E-state index >= 15 is 0 Å². The first kappa shape index (κ1) is 18.0. The van der Waals surface area contributed by atoms with E-state index in [9.17, 15) is 17.6 Å². The van der Waals surface area contributed by atoms with E-state index in [-0.39, 0.29) is 16.8 Å². The van der Waals surface area contributed by atoms with Gasteiger partial charge in [-0.2, -0.15) is 0 Å². The maximum absolute atomic E-state index is 13.2. The Bertz CT molecular complexity index is 677. The highest BCUT2D eigenvalue weighted by Gasteiger charge is 2.23. The molecule has 1 fully saturated rings. The molecule has 0 aromatic heterocycles. The van der Waals surface area contributed by atoms with E-state index in [1.54, 1.807) is 0 Å². The molecule has 0 radical (unpaired) electrons. The van der Waals surface area contributed by atoms with Crippen molar-refractivity contribution >= 4 is 33.2 Å². The standard InChI is InChI=1S/C14H18ClFN2O4S/c1-23(20,21)18(10-4-5-13(16)12(15)7-10)9-14(19)17-8-11-3-2-6-22-11/h4-5,7,11H,2-3,6,8-9H2,1H3,(H,17,19)/t11-/m1/s1. The molecule has 9 heteroatoms. The normalized spacial score (nSPS) is 18.0. The SMILES string of the molecule is CS(=O)(=O)N(CC(=O)NC[C@H]1CCCO1)c1ccc(F)c(Cl)c1. The molecule has 1 heterocycles. The van der Waals surface area contributed by atoms with Crippen LogP contribution >= 0.6 is 11.6 Å². The third kappa shape index (κ3) is 5.05. The van der Waals surface area contributed by atoms with Crippen LogP contribution in [0.5, 0.6) is 0 Å². The second kappa shape index (κ2) is 7.46. The number of carbonyl (C=O) groups excluding carboxylic acids is 1. The Morgan fingerprint density at radius 2 is 2.26 bits per heavy atom. The number of hydrogen-bond acceptors (Lipinski definition) is 4. The van der Waals surface area contributed by atoms with Gasteiger partial charge in [-0.3, -0.25) is 9.10 Å². The van der Waals surface area contributed by atoms with Gasteiger partial charge in [-0.15, -0.1) is 0 Å². The lowest BCUT2D eigenvalue weighted by molar-refractivity contribution is -0.120. The maximum Gasteiger partial charge on any atom is 0.240 e. The van der Waals surface area contributed by atoms with Crippen LogP contribution in [-0.2, 0) is 19.6 Å². The predicted molar refractivity (Wildman–Crippen MR) is 85.6 cm³/mol. The van der Waals surface area contributed by atoms with Crippen molar-refractivity contribution in [1.82, 2.24) is 5.32 Å². The average molecular weight is 365 g/mol. The van der Waals surface area contributed by atoms with Crippen LogP contribution in [0, 0.1) is 5.82 Å². The summed E-state index contributed by atoms with van der Waals surface area (Å²) in [6.07, 6.45) is 2.75. The van der Waals surface area contributed by atoms with Gasteiger partial charge in [-0.1, -0.05) is 11.6 Å². The van der Waals surface area contributed by atoms with Crippen molar-refractivity contribution in [2.45, 2.75) is 18.9 Å². The molecular formula is C14H18ClFN2O4S. The molecule has 2 rings (SSSR count). The molecule has 23 heavy (non-hydrogen) atoms.